The molecule has 0 aromatic carbocycles. The van der Waals surface area contributed by atoms with Gasteiger partial charge in [-0.2, -0.15) is 10.2 Å². The molecule has 2 rings (SSSR count). The average Bonchev–Trinajstić information content (AvgIpc) is 2.27. The molecular formula is C11H10N2. The van der Waals surface area contributed by atoms with Crippen molar-refractivity contribution in [2.45, 2.75) is 6.92 Å². The van der Waals surface area contributed by atoms with Gasteiger partial charge in [-0.25, -0.2) is 0 Å². The SMILES string of the molecule is C=C1C=CC=c2c(C)cnnc2=C1. The Morgan fingerprint density at radius 1 is 1.38 bits per heavy atom. The number of aryl methyl sites for hydroxylation is 1. The van der Waals surface area contributed by atoms with Crippen molar-refractivity contribution in [1.82, 2.24) is 10.2 Å². The van der Waals surface area contributed by atoms with Crippen LogP contribution >= 0.6 is 0 Å². The summed E-state index contributed by atoms with van der Waals surface area (Å²) in [6, 6.07) is 0. The number of rotatable bonds is 0. The van der Waals surface area contributed by atoms with Crippen LogP contribution in [0.3, 0.4) is 0 Å². The van der Waals surface area contributed by atoms with Gasteiger partial charge in [-0.1, -0.05) is 24.8 Å². The summed E-state index contributed by atoms with van der Waals surface area (Å²) in [5, 5.41) is 9.98. The first-order chi connectivity index (χ1) is 6.27. The smallest absolute Gasteiger partial charge is 0.0938 e. The number of hydrogen-bond acceptors (Lipinski definition) is 2. The van der Waals surface area contributed by atoms with Crippen molar-refractivity contribution in [3.8, 4) is 0 Å². The second kappa shape index (κ2) is 2.98. The molecule has 0 radical (unpaired) electrons. The molecule has 0 amide bonds. The van der Waals surface area contributed by atoms with Crippen LogP contribution in [-0.4, -0.2) is 10.2 Å². The Hall–Kier alpha value is -1.70. The second-order valence-corrected chi connectivity index (χ2v) is 3.07. The predicted octanol–water partition coefficient (Wildman–Crippen LogP) is 0.472. The first-order valence-corrected chi connectivity index (χ1v) is 4.15. The molecule has 64 valence electrons. The summed E-state index contributed by atoms with van der Waals surface area (Å²) in [5.41, 5.74) is 2.09. The molecule has 0 fully saturated rings. The van der Waals surface area contributed by atoms with Crippen LogP contribution < -0.4 is 10.6 Å². The highest BCUT2D eigenvalue weighted by molar-refractivity contribution is 5.57. The third-order valence-corrected chi connectivity index (χ3v) is 2.01. The lowest BCUT2D eigenvalue weighted by atomic mass is 10.2. The zero-order valence-corrected chi connectivity index (χ0v) is 7.49. The maximum Gasteiger partial charge on any atom is 0.0938 e. The van der Waals surface area contributed by atoms with Crippen LogP contribution in [-0.2, 0) is 0 Å². The molecule has 0 aliphatic heterocycles. The van der Waals surface area contributed by atoms with E-state index in [4.69, 9.17) is 0 Å². The Morgan fingerprint density at radius 3 is 3.08 bits per heavy atom. The van der Waals surface area contributed by atoms with Crippen LogP contribution in [0.4, 0.5) is 0 Å². The fourth-order valence-corrected chi connectivity index (χ4v) is 1.32. The van der Waals surface area contributed by atoms with Gasteiger partial charge in [0, 0.05) is 5.22 Å². The molecule has 0 atom stereocenters. The van der Waals surface area contributed by atoms with Crippen molar-refractivity contribution >= 4 is 12.2 Å². The lowest BCUT2D eigenvalue weighted by Gasteiger charge is -1.91. The third kappa shape index (κ3) is 1.43. The Kier molecular flexibility index (Phi) is 1.81. The van der Waals surface area contributed by atoms with Gasteiger partial charge in [0.1, 0.15) is 0 Å². The summed E-state index contributed by atoms with van der Waals surface area (Å²) in [6.07, 6.45) is 9.69. The van der Waals surface area contributed by atoms with Crippen molar-refractivity contribution in [2.24, 2.45) is 0 Å². The van der Waals surface area contributed by atoms with Crippen LogP contribution in [0.5, 0.6) is 0 Å². The van der Waals surface area contributed by atoms with Crippen LogP contribution in [0.25, 0.3) is 12.2 Å². The summed E-state index contributed by atoms with van der Waals surface area (Å²) in [6.45, 7) is 5.90. The molecule has 0 N–H and O–H groups in total. The lowest BCUT2D eigenvalue weighted by molar-refractivity contribution is 0.964. The number of hydrogen-bond donors (Lipinski definition) is 0. The zero-order valence-electron chi connectivity index (χ0n) is 7.49. The topological polar surface area (TPSA) is 25.8 Å². The van der Waals surface area contributed by atoms with Gasteiger partial charge < -0.3 is 0 Å². The van der Waals surface area contributed by atoms with E-state index in [2.05, 4.69) is 16.8 Å². The van der Waals surface area contributed by atoms with Crippen molar-refractivity contribution < 1.29 is 0 Å². The molecule has 13 heavy (non-hydrogen) atoms. The Labute approximate surface area is 76.6 Å². The van der Waals surface area contributed by atoms with Gasteiger partial charge in [0.25, 0.3) is 0 Å². The van der Waals surface area contributed by atoms with Gasteiger partial charge in [0.2, 0.25) is 0 Å². The van der Waals surface area contributed by atoms with E-state index >= 15 is 0 Å². The molecule has 0 spiro atoms. The molecule has 1 aromatic rings. The summed E-state index contributed by atoms with van der Waals surface area (Å²) in [7, 11) is 0. The lowest BCUT2D eigenvalue weighted by Crippen LogP contribution is -2.31. The van der Waals surface area contributed by atoms with Crippen molar-refractivity contribution in [1.29, 1.82) is 0 Å². The van der Waals surface area contributed by atoms with Gasteiger partial charge in [0.05, 0.1) is 11.5 Å². The first kappa shape index (κ1) is 7.92. The molecule has 0 saturated heterocycles. The Bertz CT molecular complexity index is 495. The molecule has 1 aliphatic rings. The van der Waals surface area contributed by atoms with Gasteiger partial charge in [-0.15, -0.1) is 0 Å². The molecule has 0 saturated carbocycles. The van der Waals surface area contributed by atoms with E-state index in [9.17, 15) is 0 Å². The molecule has 0 unspecified atom stereocenters. The number of aromatic nitrogens is 2. The van der Waals surface area contributed by atoms with Gasteiger partial charge in [-0.05, 0) is 24.1 Å². The normalized spacial score (nSPS) is 14.1. The fraction of sp³-hybridized carbons (Fsp3) is 0.0909. The van der Waals surface area contributed by atoms with E-state index < -0.39 is 0 Å². The monoisotopic (exact) mass is 170 g/mol. The second-order valence-electron chi connectivity index (χ2n) is 3.07. The van der Waals surface area contributed by atoms with E-state index in [1.54, 1.807) is 6.20 Å². The molecule has 1 aromatic heterocycles. The summed E-state index contributed by atoms with van der Waals surface area (Å²) in [5.74, 6) is 0. The van der Waals surface area contributed by atoms with Crippen molar-refractivity contribution in [3.63, 3.8) is 0 Å². The highest BCUT2D eigenvalue weighted by atomic mass is 15.1. The summed E-state index contributed by atoms with van der Waals surface area (Å²) in [4.78, 5) is 0. The number of fused-ring (bicyclic) bond motifs is 1. The minimum Gasteiger partial charge on any atom is -0.158 e. The predicted molar refractivity (Wildman–Crippen MR) is 53.2 cm³/mol. The summed E-state index contributed by atoms with van der Waals surface area (Å²) >= 11 is 0. The standard InChI is InChI=1S/C11H10N2/c1-8-4-3-5-10-9(2)7-12-13-11(10)6-8/h3-7H,1H2,2H3. The first-order valence-electron chi connectivity index (χ1n) is 4.15. The van der Waals surface area contributed by atoms with Crippen LogP contribution in [0.2, 0.25) is 0 Å². The largest absolute Gasteiger partial charge is 0.158 e. The quantitative estimate of drug-likeness (QED) is 0.565. The summed E-state index contributed by atoms with van der Waals surface area (Å²) < 4.78 is 0. The zero-order chi connectivity index (χ0) is 9.26. The van der Waals surface area contributed by atoms with Crippen LogP contribution in [0.1, 0.15) is 5.56 Å². The maximum absolute atomic E-state index is 4.05. The molecule has 1 heterocycles. The van der Waals surface area contributed by atoms with Gasteiger partial charge in [-0.3, -0.25) is 0 Å². The molecular weight excluding hydrogens is 160 g/mol. The molecule has 1 aliphatic carbocycles. The third-order valence-electron chi connectivity index (χ3n) is 2.01. The molecule has 2 heteroatoms. The maximum atomic E-state index is 4.05. The fourth-order valence-electron chi connectivity index (χ4n) is 1.32. The van der Waals surface area contributed by atoms with E-state index in [1.807, 2.05) is 31.2 Å². The van der Waals surface area contributed by atoms with Crippen molar-refractivity contribution in [3.05, 3.63) is 46.6 Å². The number of nitrogens with zero attached hydrogens (tertiary/aromatic N) is 2. The Balaban J connectivity index is 2.89. The number of allylic oxidation sites excluding steroid dienone is 3. The molecule has 2 nitrogen and oxygen atoms in total. The Morgan fingerprint density at radius 2 is 2.23 bits per heavy atom. The average molecular weight is 170 g/mol. The van der Waals surface area contributed by atoms with Crippen molar-refractivity contribution in [2.75, 3.05) is 0 Å². The molecule has 0 bridgehead atoms. The van der Waals surface area contributed by atoms with E-state index in [-0.39, 0.29) is 0 Å². The minimum absolute atomic E-state index is 0.898. The van der Waals surface area contributed by atoms with Gasteiger partial charge in [0.15, 0.2) is 0 Å². The van der Waals surface area contributed by atoms with E-state index in [0.717, 1.165) is 21.7 Å². The van der Waals surface area contributed by atoms with E-state index in [1.165, 1.54) is 0 Å². The highest BCUT2D eigenvalue weighted by Gasteiger charge is 1.95. The van der Waals surface area contributed by atoms with E-state index in [0.29, 0.717) is 0 Å². The minimum atomic E-state index is 0.898. The van der Waals surface area contributed by atoms with Crippen LogP contribution in [0, 0.1) is 6.92 Å². The highest BCUT2D eigenvalue weighted by Crippen LogP contribution is 1.96. The van der Waals surface area contributed by atoms with Gasteiger partial charge >= 0.3 is 0 Å². The van der Waals surface area contributed by atoms with Crippen LogP contribution in [0.15, 0.2) is 30.5 Å².